The molecule has 0 amide bonds. The summed E-state index contributed by atoms with van der Waals surface area (Å²) >= 11 is 0. The Kier molecular flexibility index (Phi) is 6.31. The molecule has 0 unspecified atom stereocenters. The van der Waals surface area contributed by atoms with E-state index in [0.717, 1.165) is 6.54 Å². The molecular weight excluding hydrogens is 102 g/mol. The molecular formula is C5H13N3. The molecule has 0 aliphatic heterocycles. The van der Waals surface area contributed by atoms with Crippen molar-refractivity contribution < 1.29 is 0 Å². The molecule has 0 aliphatic rings. The molecule has 0 saturated heterocycles. The predicted octanol–water partition coefficient (Wildman–Crippen LogP) is -0.209. The van der Waals surface area contributed by atoms with Crippen LogP contribution in [0.25, 0.3) is 0 Å². The molecule has 48 valence electrons. The Balaban J connectivity index is 2.72. The summed E-state index contributed by atoms with van der Waals surface area (Å²) in [6.07, 6.45) is 4.01. The van der Waals surface area contributed by atoms with Gasteiger partial charge in [-0.15, -0.1) is 0 Å². The molecule has 0 heterocycles. The molecule has 0 aromatic heterocycles. The number of hydrazine groups is 2. The summed E-state index contributed by atoms with van der Waals surface area (Å²) in [5.74, 6) is 0. The number of nitrogens with one attached hydrogen (secondary N) is 3. The van der Waals surface area contributed by atoms with Gasteiger partial charge >= 0.3 is 0 Å². The highest BCUT2D eigenvalue weighted by Crippen LogP contribution is 1.61. The SMILES string of the molecule is C/C=C\CNNNC. The first-order chi connectivity index (χ1) is 3.91. The lowest BCUT2D eigenvalue weighted by Gasteiger charge is -1.99. The first kappa shape index (κ1) is 7.62. The summed E-state index contributed by atoms with van der Waals surface area (Å²) < 4.78 is 0. The highest BCUT2D eigenvalue weighted by atomic mass is 15.6. The fourth-order valence-electron chi connectivity index (χ4n) is 0.316. The minimum Gasteiger partial charge on any atom is -0.247 e. The number of hydrogen-bond acceptors (Lipinski definition) is 3. The van der Waals surface area contributed by atoms with Crippen molar-refractivity contribution in [3.8, 4) is 0 Å². The third kappa shape index (κ3) is 5.62. The molecule has 0 aliphatic carbocycles. The zero-order valence-electron chi connectivity index (χ0n) is 5.36. The van der Waals surface area contributed by atoms with Crippen LogP contribution in [0, 0.1) is 0 Å². The van der Waals surface area contributed by atoms with E-state index in [-0.39, 0.29) is 0 Å². The fraction of sp³-hybridized carbons (Fsp3) is 0.600. The fourth-order valence-corrected chi connectivity index (χ4v) is 0.316. The van der Waals surface area contributed by atoms with Crippen LogP contribution in [0.1, 0.15) is 6.92 Å². The maximum atomic E-state index is 2.89. The monoisotopic (exact) mass is 115 g/mol. The Morgan fingerprint density at radius 2 is 2.25 bits per heavy atom. The predicted molar refractivity (Wildman–Crippen MR) is 35.0 cm³/mol. The van der Waals surface area contributed by atoms with E-state index in [1.54, 1.807) is 0 Å². The van der Waals surface area contributed by atoms with Crippen molar-refractivity contribution in [3.05, 3.63) is 12.2 Å². The van der Waals surface area contributed by atoms with Crippen LogP contribution < -0.4 is 16.4 Å². The van der Waals surface area contributed by atoms with E-state index in [1.807, 2.05) is 26.1 Å². The zero-order valence-corrected chi connectivity index (χ0v) is 5.36. The molecule has 0 aromatic carbocycles. The molecule has 3 nitrogen and oxygen atoms in total. The van der Waals surface area contributed by atoms with Crippen LogP contribution in [0.5, 0.6) is 0 Å². The lowest BCUT2D eigenvalue weighted by molar-refractivity contribution is 0.496. The van der Waals surface area contributed by atoms with Gasteiger partial charge in [0.2, 0.25) is 0 Å². The van der Waals surface area contributed by atoms with Gasteiger partial charge < -0.3 is 0 Å². The summed E-state index contributed by atoms with van der Waals surface area (Å²) in [5, 5.41) is 0. The Labute approximate surface area is 50.1 Å². The third-order valence-electron chi connectivity index (χ3n) is 0.669. The Morgan fingerprint density at radius 1 is 1.50 bits per heavy atom. The van der Waals surface area contributed by atoms with E-state index < -0.39 is 0 Å². The van der Waals surface area contributed by atoms with E-state index in [1.165, 1.54) is 0 Å². The molecule has 0 radical (unpaired) electrons. The van der Waals surface area contributed by atoms with Gasteiger partial charge in [0.05, 0.1) is 0 Å². The van der Waals surface area contributed by atoms with Crippen LogP contribution in [0.3, 0.4) is 0 Å². The highest BCUT2D eigenvalue weighted by molar-refractivity contribution is 4.77. The van der Waals surface area contributed by atoms with Crippen LogP contribution in [-0.4, -0.2) is 13.6 Å². The van der Waals surface area contributed by atoms with E-state index >= 15 is 0 Å². The molecule has 8 heavy (non-hydrogen) atoms. The second kappa shape index (κ2) is 6.62. The van der Waals surface area contributed by atoms with Crippen LogP contribution in [-0.2, 0) is 0 Å². The number of hydrogen-bond donors (Lipinski definition) is 3. The van der Waals surface area contributed by atoms with Crippen LogP contribution in [0.4, 0.5) is 0 Å². The first-order valence-corrected chi connectivity index (χ1v) is 2.67. The van der Waals surface area contributed by atoms with Crippen molar-refractivity contribution in [2.24, 2.45) is 0 Å². The van der Waals surface area contributed by atoms with Crippen molar-refractivity contribution in [2.75, 3.05) is 13.6 Å². The van der Waals surface area contributed by atoms with Gasteiger partial charge in [0.15, 0.2) is 0 Å². The molecule has 3 heteroatoms. The molecule has 0 atom stereocenters. The number of allylic oxidation sites excluding steroid dienone is 1. The van der Waals surface area contributed by atoms with E-state index in [4.69, 9.17) is 0 Å². The quantitative estimate of drug-likeness (QED) is 0.269. The third-order valence-corrected chi connectivity index (χ3v) is 0.669. The van der Waals surface area contributed by atoms with Crippen molar-refractivity contribution in [3.63, 3.8) is 0 Å². The van der Waals surface area contributed by atoms with Crippen molar-refractivity contribution in [1.29, 1.82) is 0 Å². The maximum absolute atomic E-state index is 2.89. The second-order valence-electron chi connectivity index (χ2n) is 1.32. The average molecular weight is 115 g/mol. The van der Waals surface area contributed by atoms with E-state index in [0.29, 0.717) is 0 Å². The van der Waals surface area contributed by atoms with Gasteiger partial charge in [-0.3, -0.25) is 0 Å². The van der Waals surface area contributed by atoms with Crippen LogP contribution in [0.2, 0.25) is 0 Å². The minimum absolute atomic E-state index is 0.845. The van der Waals surface area contributed by atoms with Crippen molar-refractivity contribution >= 4 is 0 Å². The van der Waals surface area contributed by atoms with Gasteiger partial charge in [0.25, 0.3) is 0 Å². The number of rotatable bonds is 4. The lowest BCUT2D eigenvalue weighted by atomic mass is 10.5. The molecule has 3 N–H and O–H groups in total. The summed E-state index contributed by atoms with van der Waals surface area (Å²) in [6.45, 7) is 2.83. The average Bonchev–Trinajstić information content (AvgIpc) is 1.81. The molecule has 0 bridgehead atoms. The summed E-state index contributed by atoms with van der Waals surface area (Å²) in [6, 6.07) is 0. The Morgan fingerprint density at radius 3 is 2.75 bits per heavy atom. The molecule has 0 fully saturated rings. The summed E-state index contributed by atoms with van der Waals surface area (Å²) in [4.78, 5) is 0. The molecule has 0 rings (SSSR count). The van der Waals surface area contributed by atoms with Gasteiger partial charge in [-0.1, -0.05) is 12.2 Å². The maximum Gasteiger partial charge on any atom is 0.0294 e. The first-order valence-electron chi connectivity index (χ1n) is 2.67. The van der Waals surface area contributed by atoms with Crippen LogP contribution in [0.15, 0.2) is 12.2 Å². The normalized spacial score (nSPS) is 10.8. The van der Waals surface area contributed by atoms with Gasteiger partial charge in [-0.2, -0.15) is 5.53 Å². The van der Waals surface area contributed by atoms with E-state index in [2.05, 4.69) is 16.4 Å². The van der Waals surface area contributed by atoms with E-state index in [9.17, 15) is 0 Å². The Hall–Kier alpha value is -0.380. The smallest absolute Gasteiger partial charge is 0.0294 e. The topological polar surface area (TPSA) is 36.1 Å². The standard InChI is InChI=1S/C5H13N3/c1-3-4-5-7-8-6-2/h3-4,6-8H,5H2,1-2H3/b4-3-. The summed E-state index contributed by atoms with van der Waals surface area (Å²) in [5.41, 5.74) is 8.35. The van der Waals surface area contributed by atoms with Gasteiger partial charge in [-0.05, 0) is 14.0 Å². The van der Waals surface area contributed by atoms with Gasteiger partial charge in [0, 0.05) is 6.54 Å². The van der Waals surface area contributed by atoms with Crippen LogP contribution >= 0.6 is 0 Å². The minimum atomic E-state index is 0.845. The zero-order chi connectivity index (χ0) is 6.24. The van der Waals surface area contributed by atoms with Gasteiger partial charge in [-0.25, -0.2) is 10.9 Å². The lowest BCUT2D eigenvalue weighted by Crippen LogP contribution is -2.40. The highest BCUT2D eigenvalue weighted by Gasteiger charge is 1.70. The molecule has 0 saturated carbocycles. The van der Waals surface area contributed by atoms with Gasteiger partial charge in [0.1, 0.15) is 0 Å². The second-order valence-corrected chi connectivity index (χ2v) is 1.32. The molecule has 0 aromatic rings. The Bertz CT molecular complexity index is 60.7. The van der Waals surface area contributed by atoms with Crippen molar-refractivity contribution in [2.45, 2.75) is 6.92 Å². The largest absolute Gasteiger partial charge is 0.247 e. The summed E-state index contributed by atoms with van der Waals surface area (Å²) in [7, 11) is 1.81. The van der Waals surface area contributed by atoms with Crippen molar-refractivity contribution in [1.82, 2.24) is 16.4 Å². The molecule has 0 spiro atoms.